The highest BCUT2D eigenvalue weighted by molar-refractivity contribution is 5.93. The third-order valence-electron chi connectivity index (χ3n) is 2.32. The first-order chi connectivity index (χ1) is 7.65. The van der Waals surface area contributed by atoms with Gasteiger partial charge in [-0.05, 0) is 24.1 Å². The SMILES string of the molecule is CC(C)CC(=O)Nc1ccc2[nH]ncc2c1. The molecule has 0 saturated heterocycles. The number of aromatic nitrogens is 2. The van der Waals surface area contributed by atoms with E-state index in [2.05, 4.69) is 15.5 Å². The van der Waals surface area contributed by atoms with Crippen molar-refractivity contribution in [2.24, 2.45) is 5.92 Å². The highest BCUT2D eigenvalue weighted by Crippen LogP contribution is 2.17. The van der Waals surface area contributed by atoms with Crippen molar-refractivity contribution in [3.8, 4) is 0 Å². The van der Waals surface area contributed by atoms with Gasteiger partial charge in [0.25, 0.3) is 0 Å². The average Bonchev–Trinajstić information content (AvgIpc) is 2.63. The van der Waals surface area contributed by atoms with Gasteiger partial charge in [0.15, 0.2) is 0 Å². The standard InChI is InChI=1S/C12H15N3O/c1-8(2)5-12(16)14-10-3-4-11-9(6-10)7-13-15-11/h3-4,6-8H,5H2,1-2H3,(H,13,15)(H,14,16). The monoisotopic (exact) mass is 217 g/mol. The second-order valence-corrected chi connectivity index (χ2v) is 4.32. The number of carbonyl (C=O) groups excluding carboxylic acids is 1. The Kier molecular flexibility index (Phi) is 2.90. The van der Waals surface area contributed by atoms with E-state index < -0.39 is 0 Å². The van der Waals surface area contributed by atoms with Crippen LogP contribution in [0.25, 0.3) is 10.9 Å². The van der Waals surface area contributed by atoms with E-state index in [1.54, 1.807) is 6.20 Å². The van der Waals surface area contributed by atoms with Gasteiger partial charge in [0.2, 0.25) is 5.91 Å². The maximum atomic E-state index is 11.6. The van der Waals surface area contributed by atoms with Crippen LogP contribution in [0.15, 0.2) is 24.4 Å². The van der Waals surface area contributed by atoms with Crippen molar-refractivity contribution in [3.05, 3.63) is 24.4 Å². The molecule has 4 heteroatoms. The summed E-state index contributed by atoms with van der Waals surface area (Å²) < 4.78 is 0. The fourth-order valence-electron chi connectivity index (χ4n) is 1.60. The van der Waals surface area contributed by atoms with E-state index in [9.17, 15) is 4.79 Å². The highest BCUT2D eigenvalue weighted by atomic mass is 16.1. The van der Waals surface area contributed by atoms with E-state index in [-0.39, 0.29) is 5.91 Å². The zero-order valence-electron chi connectivity index (χ0n) is 9.45. The van der Waals surface area contributed by atoms with E-state index in [4.69, 9.17) is 0 Å². The third-order valence-corrected chi connectivity index (χ3v) is 2.32. The zero-order valence-corrected chi connectivity index (χ0v) is 9.45. The van der Waals surface area contributed by atoms with Gasteiger partial charge in [0, 0.05) is 17.5 Å². The van der Waals surface area contributed by atoms with Crippen molar-refractivity contribution in [3.63, 3.8) is 0 Å². The Morgan fingerprint density at radius 1 is 1.50 bits per heavy atom. The van der Waals surface area contributed by atoms with Crippen molar-refractivity contribution in [1.29, 1.82) is 0 Å². The average molecular weight is 217 g/mol. The highest BCUT2D eigenvalue weighted by Gasteiger charge is 2.05. The number of fused-ring (bicyclic) bond motifs is 1. The molecule has 0 aliphatic rings. The Bertz CT molecular complexity index is 502. The summed E-state index contributed by atoms with van der Waals surface area (Å²) in [5.74, 6) is 0.426. The number of hydrogen-bond donors (Lipinski definition) is 2. The van der Waals surface area contributed by atoms with Gasteiger partial charge in [-0.15, -0.1) is 0 Å². The molecular formula is C12H15N3O. The first-order valence-corrected chi connectivity index (χ1v) is 5.38. The predicted molar refractivity (Wildman–Crippen MR) is 64.2 cm³/mol. The van der Waals surface area contributed by atoms with Crippen LogP contribution in [0.4, 0.5) is 5.69 Å². The normalized spacial score (nSPS) is 10.9. The number of nitrogens with one attached hydrogen (secondary N) is 2. The maximum absolute atomic E-state index is 11.6. The third kappa shape index (κ3) is 2.39. The molecule has 1 heterocycles. The number of benzene rings is 1. The molecular weight excluding hydrogens is 202 g/mol. The lowest BCUT2D eigenvalue weighted by Crippen LogP contribution is -2.13. The van der Waals surface area contributed by atoms with Crippen LogP contribution in [0.1, 0.15) is 20.3 Å². The number of carbonyl (C=O) groups is 1. The summed E-state index contributed by atoms with van der Waals surface area (Å²) >= 11 is 0. The Morgan fingerprint density at radius 2 is 2.31 bits per heavy atom. The van der Waals surface area contributed by atoms with E-state index in [1.807, 2.05) is 32.0 Å². The molecule has 2 rings (SSSR count). The molecule has 16 heavy (non-hydrogen) atoms. The van der Waals surface area contributed by atoms with E-state index in [0.29, 0.717) is 12.3 Å². The number of anilines is 1. The summed E-state index contributed by atoms with van der Waals surface area (Å²) in [5, 5.41) is 10.7. The van der Waals surface area contributed by atoms with Gasteiger partial charge >= 0.3 is 0 Å². The molecule has 1 amide bonds. The number of nitrogens with zero attached hydrogens (tertiary/aromatic N) is 1. The summed E-state index contributed by atoms with van der Waals surface area (Å²) in [7, 11) is 0. The van der Waals surface area contributed by atoms with Crippen LogP contribution in [0.3, 0.4) is 0 Å². The van der Waals surface area contributed by atoms with Gasteiger partial charge in [0.05, 0.1) is 11.7 Å². The van der Waals surface area contributed by atoms with Gasteiger partial charge in [-0.1, -0.05) is 13.8 Å². The Morgan fingerprint density at radius 3 is 3.06 bits per heavy atom. The summed E-state index contributed by atoms with van der Waals surface area (Å²) in [6, 6.07) is 5.70. The van der Waals surface area contributed by atoms with Crippen LogP contribution in [0, 0.1) is 5.92 Å². The minimum atomic E-state index is 0.0536. The smallest absolute Gasteiger partial charge is 0.224 e. The minimum Gasteiger partial charge on any atom is -0.326 e. The molecule has 1 aromatic heterocycles. The molecule has 84 valence electrons. The molecule has 0 radical (unpaired) electrons. The van der Waals surface area contributed by atoms with E-state index in [0.717, 1.165) is 16.6 Å². The van der Waals surface area contributed by atoms with Crippen molar-refractivity contribution >= 4 is 22.5 Å². The van der Waals surface area contributed by atoms with Crippen LogP contribution in [0.2, 0.25) is 0 Å². The zero-order chi connectivity index (χ0) is 11.5. The number of H-pyrrole nitrogens is 1. The lowest BCUT2D eigenvalue weighted by Gasteiger charge is -2.06. The Hall–Kier alpha value is -1.84. The molecule has 4 nitrogen and oxygen atoms in total. The summed E-state index contributed by atoms with van der Waals surface area (Å²) in [5.41, 5.74) is 1.79. The number of rotatable bonds is 3. The summed E-state index contributed by atoms with van der Waals surface area (Å²) in [6.45, 7) is 4.05. The molecule has 2 N–H and O–H groups in total. The second-order valence-electron chi connectivity index (χ2n) is 4.32. The maximum Gasteiger partial charge on any atom is 0.224 e. The van der Waals surface area contributed by atoms with Crippen LogP contribution in [-0.4, -0.2) is 16.1 Å². The predicted octanol–water partition coefficient (Wildman–Crippen LogP) is 2.55. The fraction of sp³-hybridized carbons (Fsp3) is 0.333. The first kappa shape index (κ1) is 10.7. The molecule has 0 aliphatic heterocycles. The number of aromatic amines is 1. The second kappa shape index (κ2) is 4.35. The number of amides is 1. The Labute approximate surface area is 94.0 Å². The van der Waals surface area contributed by atoms with Crippen LogP contribution in [-0.2, 0) is 4.79 Å². The lowest BCUT2D eigenvalue weighted by molar-refractivity contribution is -0.116. The quantitative estimate of drug-likeness (QED) is 0.830. The molecule has 0 fully saturated rings. The molecule has 1 aromatic carbocycles. The molecule has 0 unspecified atom stereocenters. The number of hydrogen-bond acceptors (Lipinski definition) is 2. The van der Waals surface area contributed by atoms with Crippen molar-refractivity contribution in [2.75, 3.05) is 5.32 Å². The minimum absolute atomic E-state index is 0.0536. The van der Waals surface area contributed by atoms with E-state index in [1.165, 1.54) is 0 Å². The van der Waals surface area contributed by atoms with Crippen molar-refractivity contribution in [2.45, 2.75) is 20.3 Å². The van der Waals surface area contributed by atoms with Gasteiger partial charge in [-0.25, -0.2) is 0 Å². The van der Waals surface area contributed by atoms with Gasteiger partial charge in [-0.3, -0.25) is 9.89 Å². The summed E-state index contributed by atoms with van der Waals surface area (Å²) in [6.07, 6.45) is 2.29. The first-order valence-electron chi connectivity index (χ1n) is 5.38. The lowest BCUT2D eigenvalue weighted by atomic mass is 10.1. The molecule has 2 aromatic rings. The van der Waals surface area contributed by atoms with E-state index >= 15 is 0 Å². The molecule has 0 atom stereocenters. The molecule has 0 aliphatic carbocycles. The van der Waals surface area contributed by atoms with Crippen molar-refractivity contribution < 1.29 is 4.79 Å². The molecule has 0 saturated carbocycles. The van der Waals surface area contributed by atoms with Crippen LogP contribution >= 0.6 is 0 Å². The van der Waals surface area contributed by atoms with Crippen molar-refractivity contribution in [1.82, 2.24) is 10.2 Å². The molecule has 0 spiro atoms. The van der Waals surface area contributed by atoms with Crippen LogP contribution in [0.5, 0.6) is 0 Å². The largest absolute Gasteiger partial charge is 0.326 e. The molecule has 0 bridgehead atoms. The van der Waals surface area contributed by atoms with Gasteiger partial charge in [-0.2, -0.15) is 5.10 Å². The topological polar surface area (TPSA) is 57.8 Å². The van der Waals surface area contributed by atoms with Gasteiger partial charge in [0.1, 0.15) is 0 Å². The Balaban J connectivity index is 2.11. The summed E-state index contributed by atoms with van der Waals surface area (Å²) in [4.78, 5) is 11.6. The van der Waals surface area contributed by atoms with Crippen LogP contribution < -0.4 is 5.32 Å². The fourth-order valence-corrected chi connectivity index (χ4v) is 1.60. The van der Waals surface area contributed by atoms with Gasteiger partial charge < -0.3 is 5.32 Å².